The van der Waals surface area contributed by atoms with E-state index < -0.39 is 0 Å². The van der Waals surface area contributed by atoms with E-state index in [1.54, 1.807) is 18.2 Å². The molecular formula is C25H26N2O3S. The smallest absolute Gasteiger partial charge is 0.261 e. The second-order valence-corrected chi connectivity index (χ2v) is 7.82. The predicted molar refractivity (Wildman–Crippen MR) is 128 cm³/mol. The Bertz CT molecular complexity index is 1000. The molecule has 0 aliphatic rings. The molecule has 0 saturated carbocycles. The highest BCUT2D eigenvalue weighted by Gasteiger charge is 2.14. The Morgan fingerprint density at radius 2 is 1.58 bits per heavy atom. The minimum Gasteiger partial charge on any atom is -0.492 e. The van der Waals surface area contributed by atoms with Gasteiger partial charge in [0.1, 0.15) is 18.1 Å². The molecule has 0 bridgehead atoms. The van der Waals surface area contributed by atoms with Gasteiger partial charge < -0.3 is 14.8 Å². The van der Waals surface area contributed by atoms with Crippen molar-refractivity contribution in [2.24, 2.45) is 5.92 Å². The zero-order valence-electron chi connectivity index (χ0n) is 17.6. The number of anilines is 1. The zero-order chi connectivity index (χ0) is 22.1. The van der Waals surface area contributed by atoms with Gasteiger partial charge >= 0.3 is 0 Å². The number of para-hydroxylation sites is 1. The molecule has 160 valence electrons. The van der Waals surface area contributed by atoms with E-state index in [2.05, 4.69) is 24.5 Å². The van der Waals surface area contributed by atoms with Crippen LogP contribution in [0.5, 0.6) is 11.5 Å². The molecule has 0 saturated heterocycles. The fraction of sp³-hybridized carbons (Fsp3) is 0.200. The summed E-state index contributed by atoms with van der Waals surface area (Å²) in [5.41, 5.74) is 2.30. The van der Waals surface area contributed by atoms with E-state index in [0.29, 0.717) is 30.4 Å². The van der Waals surface area contributed by atoms with Gasteiger partial charge in [-0.05, 0) is 60.1 Å². The molecule has 0 heterocycles. The van der Waals surface area contributed by atoms with Crippen LogP contribution in [-0.4, -0.2) is 17.6 Å². The van der Waals surface area contributed by atoms with Crippen LogP contribution in [0.25, 0.3) is 0 Å². The fourth-order valence-electron chi connectivity index (χ4n) is 2.74. The Kier molecular flexibility index (Phi) is 8.01. The second-order valence-electron chi connectivity index (χ2n) is 7.41. The predicted octanol–water partition coefficient (Wildman–Crippen LogP) is 5.43. The lowest BCUT2D eigenvalue weighted by Gasteiger charge is -2.14. The fourth-order valence-corrected chi connectivity index (χ4v) is 2.96. The van der Waals surface area contributed by atoms with Crippen molar-refractivity contribution in [1.29, 1.82) is 0 Å². The Labute approximate surface area is 188 Å². The van der Waals surface area contributed by atoms with Gasteiger partial charge in [0.05, 0.1) is 12.2 Å². The highest BCUT2D eigenvalue weighted by molar-refractivity contribution is 7.80. The molecule has 0 radical (unpaired) electrons. The summed E-state index contributed by atoms with van der Waals surface area (Å²) in [6, 6.07) is 24.5. The van der Waals surface area contributed by atoms with Gasteiger partial charge in [-0.15, -0.1) is 0 Å². The molecule has 1 amide bonds. The molecule has 0 aliphatic heterocycles. The van der Waals surface area contributed by atoms with Crippen LogP contribution < -0.4 is 20.1 Å². The van der Waals surface area contributed by atoms with E-state index in [0.717, 1.165) is 17.0 Å². The Hall–Kier alpha value is -3.38. The van der Waals surface area contributed by atoms with Crippen molar-refractivity contribution in [3.8, 4) is 11.5 Å². The first-order valence-electron chi connectivity index (χ1n) is 10.1. The maximum Gasteiger partial charge on any atom is 0.261 e. The van der Waals surface area contributed by atoms with Crippen LogP contribution >= 0.6 is 12.2 Å². The molecule has 0 unspecified atom stereocenters. The number of hydrogen-bond acceptors (Lipinski definition) is 4. The number of benzene rings is 3. The van der Waals surface area contributed by atoms with Crippen molar-refractivity contribution in [2.45, 2.75) is 20.5 Å². The molecule has 31 heavy (non-hydrogen) atoms. The lowest BCUT2D eigenvalue weighted by Crippen LogP contribution is -2.34. The van der Waals surface area contributed by atoms with Gasteiger partial charge in [-0.3, -0.25) is 10.1 Å². The molecule has 3 rings (SSSR count). The summed E-state index contributed by atoms with van der Waals surface area (Å²) in [4.78, 5) is 12.6. The first kappa shape index (κ1) is 22.3. The molecule has 0 aromatic heterocycles. The van der Waals surface area contributed by atoms with E-state index in [-0.39, 0.29) is 11.0 Å². The van der Waals surface area contributed by atoms with E-state index in [1.165, 1.54) is 0 Å². The Morgan fingerprint density at radius 1 is 0.903 bits per heavy atom. The van der Waals surface area contributed by atoms with E-state index in [4.69, 9.17) is 21.7 Å². The average molecular weight is 435 g/mol. The summed E-state index contributed by atoms with van der Waals surface area (Å²) < 4.78 is 11.5. The second kappa shape index (κ2) is 11.1. The molecule has 5 nitrogen and oxygen atoms in total. The number of carbonyl (C=O) groups excluding carboxylic acids is 1. The van der Waals surface area contributed by atoms with Crippen LogP contribution in [0, 0.1) is 5.92 Å². The standard InChI is InChI=1S/C25H26N2O3S/c1-18(2)16-30-23-11-7-6-10-22(23)24(28)27-25(31)26-20-12-14-21(15-13-20)29-17-19-8-4-3-5-9-19/h3-15,18H,16-17H2,1-2H3,(H2,26,27,28,31). The Balaban J connectivity index is 1.53. The minimum absolute atomic E-state index is 0.210. The topological polar surface area (TPSA) is 59.6 Å². The molecule has 3 aromatic rings. The first-order chi connectivity index (χ1) is 15.0. The van der Waals surface area contributed by atoms with E-state index in [1.807, 2.05) is 60.7 Å². The molecule has 0 aliphatic carbocycles. The van der Waals surface area contributed by atoms with Crippen LogP contribution in [0.2, 0.25) is 0 Å². The highest BCUT2D eigenvalue weighted by Crippen LogP contribution is 2.19. The zero-order valence-corrected chi connectivity index (χ0v) is 18.4. The van der Waals surface area contributed by atoms with E-state index >= 15 is 0 Å². The number of nitrogens with one attached hydrogen (secondary N) is 2. The number of amides is 1. The number of rotatable bonds is 8. The Morgan fingerprint density at radius 3 is 2.29 bits per heavy atom. The van der Waals surface area contributed by atoms with Crippen molar-refractivity contribution in [2.75, 3.05) is 11.9 Å². The quantitative estimate of drug-likeness (QED) is 0.463. The molecule has 2 N–H and O–H groups in total. The lowest BCUT2D eigenvalue weighted by atomic mass is 10.2. The molecule has 6 heteroatoms. The maximum atomic E-state index is 12.6. The van der Waals surface area contributed by atoms with Crippen molar-refractivity contribution < 1.29 is 14.3 Å². The van der Waals surface area contributed by atoms with Crippen molar-refractivity contribution in [1.82, 2.24) is 5.32 Å². The third-order valence-electron chi connectivity index (χ3n) is 4.29. The number of hydrogen-bond donors (Lipinski definition) is 2. The number of carbonyl (C=O) groups is 1. The molecule has 0 atom stereocenters. The van der Waals surface area contributed by atoms with Crippen LogP contribution in [0.3, 0.4) is 0 Å². The molecule has 3 aromatic carbocycles. The third kappa shape index (κ3) is 7.12. The van der Waals surface area contributed by atoms with Gasteiger partial charge in [-0.2, -0.15) is 0 Å². The van der Waals surface area contributed by atoms with Gasteiger partial charge in [0.2, 0.25) is 0 Å². The van der Waals surface area contributed by atoms with Crippen molar-refractivity contribution >= 4 is 28.9 Å². The third-order valence-corrected chi connectivity index (χ3v) is 4.50. The van der Waals surface area contributed by atoms with Crippen molar-refractivity contribution in [3.05, 3.63) is 90.0 Å². The summed E-state index contributed by atoms with van der Waals surface area (Å²) in [5, 5.41) is 5.93. The van der Waals surface area contributed by atoms with Crippen LogP contribution in [0.1, 0.15) is 29.8 Å². The average Bonchev–Trinajstić information content (AvgIpc) is 2.78. The molecule has 0 fully saturated rings. The van der Waals surface area contributed by atoms with Gasteiger partial charge in [-0.1, -0.05) is 56.3 Å². The SMILES string of the molecule is CC(C)COc1ccccc1C(=O)NC(=S)Nc1ccc(OCc2ccccc2)cc1. The first-order valence-corrected chi connectivity index (χ1v) is 10.5. The normalized spacial score (nSPS) is 10.4. The highest BCUT2D eigenvalue weighted by atomic mass is 32.1. The molecule has 0 spiro atoms. The van der Waals surface area contributed by atoms with Crippen LogP contribution in [0.15, 0.2) is 78.9 Å². The number of ether oxygens (including phenoxy) is 2. The lowest BCUT2D eigenvalue weighted by molar-refractivity contribution is 0.0973. The van der Waals surface area contributed by atoms with Crippen molar-refractivity contribution in [3.63, 3.8) is 0 Å². The summed E-state index contributed by atoms with van der Waals surface area (Å²) in [6.45, 7) is 5.14. The number of thiocarbonyl (C=S) groups is 1. The van der Waals surface area contributed by atoms with Gasteiger partial charge in [-0.25, -0.2) is 0 Å². The van der Waals surface area contributed by atoms with Crippen LogP contribution in [0.4, 0.5) is 5.69 Å². The summed E-state index contributed by atoms with van der Waals surface area (Å²) >= 11 is 5.29. The summed E-state index contributed by atoms with van der Waals surface area (Å²) in [5.74, 6) is 1.33. The van der Waals surface area contributed by atoms with Gasteiger partial charge in [0.15, 0.2) is 5.11 Å². The monoisotopic (exact) mass is 434 g/mol. The largest absolute Gasteiger partial charge is 0.492 e. The van der Waals surface area contributed by atoms with Gasteiger partial charge in [0.25, 0.3) is 5.91 Å². The van der Waals surface area contributed by atoms with E-state index in [9.17, 15) is 4.79 Å². The summed E-state index contributed by atoms with van der Waals surface area (Å²) in [7, 11) is 0. The summed E-state index contributed by atoms with van der Waals surface area (Å²) in [6.07, 6.45) is 0. The maximum absolute atomic E-state index is 12.6. The minimum atomic E-state index is -0.320. The van der Waals surface area contributed by atoms with Gasteiger partial charge in [0, 0.05) is 5.69 Å². The van der Waals surface area contributed by atoms with Crippen LogP contribution in [-0.2, 0) is 6.61 Å². The molecular weight excluding hydrogens is 408 g/mol.